The van der Waals surface area contributed by atoms with Crippen LogP contribution < -0.4 is 0 Å². The second-order valence-corrected chi connectivity index (χ2v) is 7.10. The van der Waals surface area contributed by atoms with Gasteiger partial charge < -0.3 is 9.55 Å². The Morgan fingerprint density at radius 2 is 2.00 bits per heavy atom. The van der Waals surface area contributed by atoms with Crippen LogP contribution in [0.2, 0.25) is 0 Å². The SMILES string of the molecule is Cc1cn(-c2ccnc3[nH]c(-c4n[nH]c5ccc(-c6cccnc6)nc45)cc23)cn1. The number of H-pyrrole nitrogens is 2. The van der Waals surface area contributed by atoms with Crippen LogP contribution in [0.3, 0.4) is 0 Å². The number of imidazole rings is 1. The van der Waals surface area contributed by atoms with Crippen molar-refractivity contribution in [2.45, 2.75) is 6.92 Å². The van der Waals surface area contributed by atoms with E-state index in [1.807, 2.05) is 54.3 Å². The van der Waals surface area contributed by atoms with Crippen LogP contribution in [0.5, 0.6) is 0 Å². The second kappa shape index (κ2) is 6.35. The summed E-state index contributed by atoms with van der Waals surface area (Å²) in [6.45, 7) is 1.97. The van der Waals surface area contributed by atoms with Crippen LogP contribution in [0.15, 0.2) is 67.5 Å². The molecule has 2 N–H and O–H groups in total. The molecule has 0 aliphatic heterocycles. The Morgan fingerprint density at radius 1 is 1.03 bits per heavy atom. The average molecular weight is 392 g/mol. The van der Waals surface area contributed by atoms with Crippen molar-refractivity contribution in [2.75, 3.05) is 0 Å². The van der Waals surface area contributed by atoms with E-state index >= 15 is 0 Å². The van der Waals surface area contributed by atoms with Crippen molar-refractivity contribution in [1.29, 1.82) is 0 Å². The predicted molar refractivity (Wildman–Crippen MR) is 114 cm³/mol. The van der Waals surface area contributed by atoms with Gasteiger partial charge in [-0.05, 0) is 43.3 Å². The van der Waals surface area contributed by atoms with Gasteiger partial charge in [0.05, 0.1) is 34.6 Å². The minimum absolute atomic E-state index is 0.751. The van der Waals surface area contributed by atoms with E-state index in [2.05, 4.69) is 36.2 Å². The molecule has 0 aliphatic carbocycles. The molecule has 0 saturated heterocycles. The van der Waals surface area contributed by atoms with E-state index in [4.69, 9.17) is 4.98 Å². The van der Waals surface area contributed by atoms with Gasteiger partial charge in [0, 0.05) is 35.7 Å². The van der Waals surface area contributed by atoms with E-state index in [0.29, 0.717) is 0 Å². The molecule has 0 spiro atoms. The molecule has 6 heterocycles. The lowest BCUT2D eigenvalue weighted by atomic mass is 10.1. The number of nitrogens with zero attached hydrogens (tertiary/aromatic N) is 6. The largest absolute Gasteiger partial charge is 0.338 e. The first-order valence-electron chi connectivity index (χ1n) is 9.51. The molecule has 8 nitrogen and oxygen atoms in total. The summed E-state index contributed by atoms with van der Waals surface area (Å²) >= 11 is 0. The van der Waals surface area contributed by atoms with Crippen LogP contribution >= 0.6 is 0 Å². The Morgan fingerprint density at radius 3 is 2.83 bits per heavy atom. The molecular formula is C22H16N8. The van der Waals surface area contributed by atoms with Crippen LogP contribution in [-0.4, -0.2) is 39.7 Å². The predicted octanol–water partition coefficient (Wildman–Crippen LogP) is 4.06. The molecule has 8 heteroatoms. The first-order valence-corrected chi connectivity index (χ1v) is 9.51. The fourth-order valence-corrected chi connectivity index (χ4v) is 3.68. The van der Waals surface area contributed by atoms with Gasteiger partial charge in [-0.25, -0.2) is 15.0 Å². The number of aryl methyl sites for hydroxylation is 1. The molecule has 30 heavy (non-hydrogen) atoms. The van der Waals surface area contributed by atoms with Gasteiger partial charge >= 0.3 is 0 Å². The van der Waals surface area contributed by atoms with Gasteiger partial charge in [-0.3, -0.25) is 10.1 Å². The quantitative estimate of drug-likeness (QED) is 0.473. The highest BCUT2D eigenvalue weighted by Gasteiger charge is 2.16. The van der Waals surface area contributed by atoms with Crippen LogP contribution in [0.4, 0.5) is 0 Å². The van der Waals surface area contributed by atoms with Crippen molar-refractivity contribution < 1.29 is 0 Å². The molecule has 0 radical (unpaired) electrons. The van der Waals surface area contributed by atoms with Gasteiger partial charge in [-0.2, -0.15) is 5.10 Å². The molecule has 6 aromatic heterocycles. The maximum absolute atomic E-state index is 4.85. The normalized spacial score (nSPS) is 11.5. The lowest BCUT2D eigenvalue weighted by Crippen LogP contribution is -1.91. The monoisotopic (exact) mass is 392 g/mol. The van der Waals surface area contributed by atoms with Crippen molar-refractivity contribution >= 4 is 22.1 Å². The summed E-state index contributed by atoms with van der Waals surface area (Å²) in [7, 11) is 0. The zero-order chi connectivity index (χ0) is 20.1. The molecule has 0 fully saturated rings. The Bertz CT molecular complexity index is 1510. The number of pyridine rings is 3. The number of aromatic nitrogens is 8. The molecule has 0 atom stereocenters. The molecular weight excluding hydrogens is 376 g/mol. The van der Waals surface area contributed by atoms with Crippen molar-refractivity contribution in [2.24, 2.45) is 0 Å². The fraction of sp³-hybridized carbons (Fsp3) is 0.0455. The van der Waals surface area contributed by atoms with Crippen molar-refractivity contribution in [3.8, 4) is 28.3 Å². The summed E-state index contributed by atoms with van der Waals surface area (Å²) in [5.74, 6) is 0. The summed E-state index contributed by atoms with van der Waals surface area (Å²) in [5, 5.41) is 8.59. The maximum Gasteiger partial charge on any atom is 0.139 e. The third-order valence-corrected chi connectivity index (χ3v) is 5.12. The molecule has 0 aliphatic rings. The average Bonchev–Trinajstić information content (AvgIpc) is 3.51. The number of nitrogens with one attached hydrogen (secondary N) is 2. The van der Waals surface area contributed by atoms with Gasteiger partial charge in [0.15, 0.2) is 0 Å². The van der Waals surface area contributed by atoms with Gasteiger partial charge in [0.2, 0.25) is 0 Å². The Kier molecular flexibility index (Phi) is 3.51. The van der Waals surface area contributed by atoms with Gasteiger partial charge in [0.1, 0.15) is 16.9 Å². The molecule has 6 aromatic rings. The number of hydrogen-bond donors (Lipinski definition) is 2. The first-order chi connectivity index (χ1) is 14.8. The highest BCUT2D eigenvalue weighted by atomic mass is 15.1. The molecule has 0 bridgehead atoms. The van der Waals surface area contributed by atoms with E-state index in [9.17, 15) is 0 Å². The van der Waals surface area contributed by atoms with E-state index in [0.717, 1.165) is 56.1 Å². The van der Waals surface area contributed by atoms with Gasteiger partial charge in [0.25, 0.3) is 0 Å². The number of hydrogen-bond acceptors (Lipinski definition) is 5. The minimum atomic E-state index is 0.751. The van der Waals surface area contributed by atoms with E-state index < -0.39 is 0 Å². The topological polar surface area (TPSA) is 101 Å². The van der Waals surface area contributed by atoms with E-state index in [1.165, 1.54) is 0 Å². The summed E-state index contributed by atoms with van der Waals surface area (Å²) < 4.78 is 2.00. The summed E-state index contributed by atoms with van der Waals surface area (Å²) in [6, 6.07) is 11.9. The Labute approximate surface area is 170 Å². The van der Waals surface area contributed by atoms with Crippen molar-refractivity contribution in [3.05, 3.63) is 73.2 Å². The minimum Gasteiger partial charge on any atom is -0.338 e. The Balaban J connectivity index is 1.52. The molecule has 0 amide bonds. The number of fused-ring (bicyclic) bond motifs is 2. The smallest absolute Gasteiger partial charge is 0.139 e. The molecule has 0 saturated carbocycles. The Hall–Kier alpha value is -4.33. The number of rotatable bonds is 3. The third kappa shape index (κ3) is 2.58. The molecule has 6 rings (SSSR count). The highest BCUT2D eigenvalue weighted by Crippen LogP contribution is 2.31. The van der Waals surface area contributed by atoms with E-state index in [1.54, 1.807) is 18.6 Å². The number of aromatic amines is 2. The van der Waals surface area contributed by atoms with Crippen molar-refractivity contribution in [1.82, 2.24) is 39.7 Å². The lowest BCUT2D eigenvalue weighted by Gasteiger charge is -2.02. The third-order valence-electron chi connectivity index (χ3n) is 5.12. The zero-order valence-electron chi connectivity index (χ0n) is 16.0. The highest BCUT2D eigenvalue weighted by molar-refractivity contribution is 5.95. The molecule has 0 unspecified atom stereocenters. The van der Waals surface area contributed by atoms with E-state index in [-0.39, 0.29) is 0 Å². The van der Waals surface area contributed by atoms with Gasteiger partial charge in [-0.1, -0.05) is 0 Å². The summed E-state index contributed by atoms with van der Waals surface area (Å²) in [4.78, 5) is 21.3. The lowest BCUT2D eigenvalue weighted by molar-refractivity contribution is 1.06. The molecule has 0 aromatic carbocycles. The van der Waals surface area contributed by atoms with Crippen LogP contribution in [0.1, 0.15) is 5.69 Å². The molecule has 144 valence electrons. The van der Waals surface area contributed by atoms with Crippen LogP contribution in [0.25, 0.3) is 50.4 Å². The fourth-order valence-electron chi connectivity index (χ4n) is 3.68. The standard InChI is InChI=1S/C22H16N8/c1-13-11-30(12-25-13)19-6-8-24-22-15(19)9-18(27-22)21-20-17(28-29-21)5-4-16(26-20)14-3-2-7-23-10-14/h2-12H,1H3,(H,24,27)(H,28,29). The van der Waals surface area contributed by atoms with Crippen LogP contribution in [-0.2, 0) is 0 Å². The van der Waals surface area contributed by atoms with Crippen LogP contribution in [0, 0.1) is 6.92 Å². The van der Waals surface area contributed by atoms with Gasteiger partial charge in [-0.15, -0.1) is 0 Å². The zero-order valence-corrected chi connectivity index (χ0v) is 16.0. The van der Waals surface area contributed by atoms with Crippen molar-refractivity contribution in [3.63, 3.8) is 0 Å². The first kappa shape index (κ1) is 16.6. The summed E-state index contributed by atoms with van der Waals surface area (Å²) in [6.07, 6.45) is 9.15. The second-order valence-electron chi connectivity index (χ2n) is 7.10. The summed E-state index contributed by atoms with van der Waals surface area (Å²) in [5.41, 5.74) is 7.83. The maximum atomic E-state index is 4.85.